The summed E-state index contributed by atoms with van der Waals surface area (Å²) in [4.78, 5) is 85.8. The molecule has 77 heavy (non-hydrogen) atoms. The molecule has 0 spiro atoms. The third kappa shape index (κ3) is 48.0. The Hall–Kier alpha value is -3.71. The Kier molecular flexibility index (Phi) is 50.6. The quantitative estimate of drug-likeness (QED) is 0.0244. The molecule has 452 valence electrons. The number of carbonyl (C=O) groups is 7. The van der Waals surface area contributed by atoms with Crippen molar-refractivity contribution in [2.24, 2.45) is 17.8 Å². The van der Waals surface area contributed by atoms with Crippen molar-refractivity contribution in [1.29, 1.82) is 0 Å². The van der Waals surface area contributed by atoms with Crippen molar-refractivity contribution < 1.29 is 62.0 Å². The first-order valence-corrected chi connectivity index (χ1v) is 31.1. The van der Waals surface area contributed by atoms with Crippen molar-refractivity contribution in [2.45, 2.75) is 312 Å². The maximum absolute atomic E-state index is 13.2. The van der Waals surface area contributed by atoms with Crippen molar-refractivity contribution in [3.8, 4) is 0 Å². The normalized spacial score (nSPS) is 14.8. The molecule has 0 aromatic rings. The molecule has 1 aliphatic rings. The van der Waals surface area contributed by atoms with Crippen molar-refractivity contribution >= 4 is 42.2 Å². The molecule has 4 atom stereocenters. The van der Waals surface area contributed by atoms with Crippen LogP contribution in [0.25, 0.3) is 0 Å². The van der Waals surface area contributed by atoms with Crippen LogP contribution in [0.1, 0.15) is 294 Å². The number of nitrogens with zero attached hydrogens (tertiary/aromatic N) is 1. The largest absolute Gasteiger partial charge is 0.468 e. The van der Waals surface area contributed by atoms with Crippen LogP contribution in [0.2, 0.25) is 0 Å². The van der Waals surface area contributed by atoms with E-state index in [1.54, 1.807) is 11.8 Å². The van der Waals surface area contributed by atoms with E-state index in [2.05, 4.69) is 46.3 Å². The van der Waals surface area contributed by atoms with Gasteiger partial charge in [-0.3, -0.25) is 28.9 Å². The van der Waals surface area contributed by atoms with E-state index in [0.29, 0.717) is 58.1 Å². The van der Waals surface area contributed by atoms with Crippen molar-refractivity contribution in [3.05, 3.63) is 0 Å². The van der Waals surface area contributed by atoms with Crippen LogP contribution in [0.15, 0.2) is 0 Å². The zero-order valence-corrected chi connectivity index (χ0v) is 51.3. The SMILES string of the molecule is CCCCCCCCOC(=O)CC(CC(=O)OCCCCCCCC)CC(=O)OCC1CCC(CC(C)CC)N1C(=O)OC(C)(C)C.CCCCCCCCOC(=O)CC(CC)CC(C)=O.CCCCCCCCOC=O. The van der Waals surface area contributed by atoms with Gasteiger partial charge >= 0.3 is 30.0 Å². The molecule has 0 aromatic carbocycles. The van der Waals surface area contributed by atoms with E-state index in [1.165, 1.54) is 96.3 Å². The number of rotatable bonds is 45. The number of amides is 1. The van der Waals surface area contributed by atoms with Gasteiger partial charge in [-0.2, -0.15) is 0 Å². The van der Waals surface area contributed by atoms with Crippen molar-refractivity contribution in [1.82, 2.24) is 4.90 Å². The zero-order chi connectivity index (χ0) is 58.0. The summed E-state index contributed by atoms with van der Waals surface area (Å²) in [5, 5.41) is 0. The Balaban J connectivity index is 0. The first kappa shape index (κ1) is 75.4. The highest BCUT2D eigenvalue weighted by Gasteiger charge is 2.40. The molecule has 1 fully saturated rings. The fourth-order valence-electron chi connectivity index (χ4n) is 9.17. The highest BCUT2D eigenvalue weighted by atomic mass is 16.6. The number of carbonyl (C=O) groups excluding carboxylic acids is 7. The molecule has 0 aliphatic carbocycles. The van der Waals surface area contributed by atoms with Gasteiger partial charge < -0.3 is 33.2 Å². The Morgan fingerprint density at radius 2 is 0.844 bits per heavy atom. The fraction of sp³-hybridized carbons (Fsp3) is 0.889. The number of unbranched alkanes of at least 4 members (excludes halogenated alkanes) is 20. The Morgan fingerprint density at radius 3 is 1.21 bits per heavy atom. The lowest BCUT2D eigenvalue weighted by molar-refractivity contribution is -0.151. The smallest absolute Gasteiger partial charge is 0.410 e. The van der Waals surface area contributed by atoms with Crippen LogP contribution in [0, 0.1) is 17.8 Å². The van der Waals surface area contributed by atoms with E-state index in [0.717, 1.165) is 83.5 Å². The predicted octanol–water partition coefficient (Wildman–Crippen LogP) is 16.1. The zero-order valence-electron chi connectivity index (χ0n) is 51.3. The maximum Gasteiger partial charge on any atom is 0.410 e. The van der Waals surface area contributed by atoms with Crippen LogP contribution >= 0.6 is 0 Å². The maximum atomic E-state index is 13.2. The second kappa shape index (κ2) is 51.7. The third-order valence-electron chi connectivity index (χ3n) is 14.0. The van der Waals surface area contributed by atoms with E-state index in [9.17, 15) is 33.6 Å². The molecule has 1 heterocycles. The Labute approximate surface area is 470 Å². The Bertz CT molecular complexity index is 1450. The van der Waals surface area contributed by atoms with Gasteiger partial charge in [-0.25, -0.2) is 4.79 Å². The molecular weight excluding hydrogens is 979 g/mol. The molecule has 14 heteroatoms. The van der Waals surface area contributed by atoms with Crippen LogP contribution in [0.4, 0.5) is 4.79 Å². The van der Waals surface area contributed by atoms with Crippen molar-refractivity contribution in [3.63, 3.8) is 0 Å². The van der Waals surface area contributed by atoms with Crippen LogP contribution in [0.5, 0.6) is 0 Å². The van der Waals surface area contributed by atoms with Crippen LogP contribution in [0.3, 0.4) is 0 Å². The van der Waals surface area contributed by atoms with E-state index in [-0.39, 0.29) is 61.7 Å². The lowest BCUT2D eigenvalue weighted by Gasteiger charge is -2.33. The molecule has 4 unspecified atom stereocenters. The monoisotopic (exact) mass is 1100 g/mol. The molecule has 0 saturated carbocycles. The number of hydrogen-bond acceptors (Lipinski definition) is 13. The van der Waals surface area contributed by atoms with Gasteiger partial charge in [-0.15, -0.1) is 0 Å². The van der Waals surface area contributed by atoms with Gasteiger partial charge in [-0.1, -0.05) is 190 Å². The molecule has 0 bridgehead atoms. The number of esters is 4. The van der Waals surface area contributed by atoms with Gasteiger partial charge in [0.15, 0.2) is 0 Å². The topological polar surface area (TPSA) is 178 Å². The highest BCUT2D eigenvalue weighted by Crippen LogP contribution is 2.32. The molecule has 1 aliphatic heterocycles. The summed E-state index contributed by atoms with van der Waals surface area (Å²) in [5.41, 5.74) is -0.637. The van der Waals surface area contributed by atoms with Gasteiger partial charge in [0.1, 0.15) is 18.0 Å². The second-order valence-corrected chi connectivity index (χ2v) is 22.8. The summed E-state index contributed by atoms with van der Waals surface area (Å²) < 4.78 is 32.1. The summed E-state index contributed by atoms with van der Waals surface area (Å²) in [6, 6.07) is -0.259. The Morgan fingerprint density at radius 1 is 0.481 bits per heavy atom. The first-order chi connectivity index (χ1) is 36.9. The number of hydrogen-bond donors (Lipinski definition) is 0. The molecule has 0 aromatic heterocycles. The fourth-order valence-corrected chi connectivity index (χ4v) is 9.17. The second-order valence-electron chi connectivity index (χ2n) is 22.8. The number of likely N-dealkylation sites (tertiary alicyclic amines) is 1. The first-order valence-electron chi connectivity index (χ1n) is 31.1. The third-order valence-corrected chi connectivity index (χ3v) is 14.0. The highest BCUT2D eigenvalue weighted by molar-refractivity contribution is 5.77. The lowest BCUT2D eigenvalue weighted by Crippen LogP contribution is -2.46. The van der Waals surface area contributed by atoms with Gasteiger partial charge in [0, 0.05) is 38.1 Å². The number of ether oxygens (including phenoxy) is 6. The summed E-state index contributed by atoms with van der Waals surface area (Å²) in [6.45, 7) is 24.6. The molecule has 1 saturated heterocycles. The minimum absolute atomic E-state index is 0.0269. The molecular formula is C63H117NO13. The van der Waals surface area contributed by atoms with Crippen LogP contribution in [-0.4, -0.2) is 97.8 Å². The van der Waals surface area contributed by atoms with Gasteiger partial charge in [0.25, 0.3) is 6.47 Å². The average molecular weight is 1100 g/mol. The molecule has 0 N–H and O–H groups in total. The molecule has 1 amide bonds. The standard InChI is InChI=1S/C38H69NO8.C16H30O3.C9H18O2/c1-8-11-13-15-17-19-23-44-34(40)26-31(27-35(41)45-24-20-18-16-14-12-9-2)28-36(42)46-29-33-22-21-32(25-30(4)10-3)39(33)37(43)47-38(5,6)7;1-4-6-7-8-9-10-11-19-16(18)13-15(5-2)12-14(3)17;1-2-3-4-5-6-7-8-11-9-10/h30-33H,8-29H2,1-7H3;15H,4-13H2,1-3H3;9H,2-8H2,1H3. The molecule has 1 rings (SSSR count). The van der Waals surface area contributed by atoms with Gasteiger partial charge in [0.2, 0.25) is 0 Å². The predicted molar refractivity (Wildman–Crippen MR) is 309 cm³/mol. The number of ketones is 1. The van der Waals surface area contributed by atoms with Crippen LogP contribution in [-0.2, 0) is 57.2 Å². The molecule has 14 nitrogen and oxygen atoms in total. The van der Waals surface area contributed by atoms with Crippen LogP contribution < -0.4 is 0 Å². The van der Waals surface area contributed by atoms with Gasteiger partial charge in [0.05, 0.1) is 32.5 Å². The minimum atomic E-state index is -0.637. The summed E-state index contributed by atoms with van der Waals surface area (Å²) in [5.74, 6) is -1.32. The summed E-state index contributed by atoms with van der Waals surface area (Å²) >= 11 is 0. The van der Waals surface area contributed by atoms with Gasteiger partial charge in [-0.05, 0) is 90.4 Å². The number of Topliss-reactive ketones (excluding diaryl/α,β-unsaturated/α-hetero) is 1. The average Bonchev–Trinajstić information content (AvgIpc) is 3.78. The van der Waals surface area contributed by atoms with E-state index >= 15 is 0 Å². The lowest BCUT2D eigenvalue weighted by atomic mass is 9.97. The van der Waals surface area contributed by atoms with E-state index in [4.69, 9.17) is 23.7 Å². The summed E-state index contributed by atoms with van der Waals surface area (Å²) in [7, 11) is 0. The summed E-state index contributed by atoms with van der Waals surface area (Å²) in [6.07, 6.45) is 32.1. The van der Waals surface area contributed by atoms with Crippen molar-refractivity contribution in [2.75, 3.05) is 33.0 Å². The van der Waals surface area contributed by atoms with E-state index in [1.807, 2.05) is 27.7 Å². The van der Waals surface area contributed by atoms with E-state index < -0.39 is 29.4 Å². The minimum Gasteiger partial charge on any atom is -0.468 e. The molecule has 0 radical (unpaired) electrons.